The van der Waals surface area contributed by atoms with Gasteiger partial charge in [0.25, 0.3) is 0 Å². The second-order valence-electron chi connectivity index (χ2n) is 2.76. The van der Waals surface area contributed by atoms with E-state index in [1.807, 2.05) is 36.5 Å². The molecule has 0 N–H and O–H groups in total. The number of nitrogens with zero attached hydrogens (tertiary/aromatic N) is 1. The highest BCUT2D eigenvalue weighted by molar-refractivity contribution is 5.64. The van der Waals surface area contributed by atoms with Crippen LogP contribution in [0.15, 0.2) is 47.5 Å². The van der Waals surface area contributed by atoms with E-state index in [4.69, 9.17) is 0 Å². The Morgan fingerprint density at radius 1 is 1.15 bits per heavy atom. The van der Waals surface area contributed by atoms with Crippen molar-refractivity contribution in [1.82, 2.24) is 0 Å². The van der Waals surface area contributed by atoms with Gasteiger partial charge in [-0.05, 0) is 18.6 Å². The van der Waals surface area contributed by atoms with Crippen LogP contribution in [0.5, 0.6) is 0 Å². The first kappa shape index (κ1) is 9.72. The molecule has 0 aliphatic carbocycles. The summed E-state index contributed by atoms with van der Waals surface area (Å²) in [6.07, 6.45) is 8.23. The monoisotopic (exact) mass is 173 g/mol. The molecule has 1 aromatic carbocycles. The maximum absolute atomic E-state index is 4.30. The van der Waals surface area contributed by atoms with E-state index in [1.54, 1.807) is 0 Å². The van der Waals surface area contributed by atoms with Gasteiger partial charge in [-0.1, -0.05) is 37.3 Å². The molecule has 0 bridgehead atoms. The molecule has 0 saturated carbocycles. The lowest BCUT2D eigenvalue weighted by Gasteiger charge is -1.89. The summed E-state index contributed by atoms with van der Waals surface area (Å²) in [5.74, 6) is 0. The van der Waals surface area contributed by atoms with Crippen LogP contribution in [0.3, 0.4) is 0 Å². The molecule has 0 heterocycles. The molecule has 68 valence electrons. The van der Waals surface area contributed by atoms with Crippen LogP contribution >= 0.6 is 0 Å². The summed E-state index contributed by atoms with van der Waals surface area (Å²) in [6, 6.07) is 9.99. The highest BCUT2D eigenvalue weighted by atomic mass is 14.7. The maximum Gasteiger partial charge on any atom is 0.0625 e. The molecule has 1 aromatic rings. The molecule has 1 rings (SSSR count). The molecule has 0 fully saturated rings. The lowest BCUT2D eigenvalue weighted by Crippen LogP contribution is -1.69. The largest absolute Gasteiger partial charge is 0.261 e. The molecule has 0 atom stereocenters. The molecule has 0 unspecified atom stereocenters. The highest BCUT2D eigenvalue weighted by Gasteiger charge is 1.81. The van der Waals surface area contributed by atoms with Gasteiger partial charge in [0, 0.05) is 12.6 Å². The molecule has 0 aliphatic heterocycles. The Labute approximate surface area is 79.8 Å². The molecular weight excluding hydrogens is 158 g/mol. The van der Waals surface area contributed by atoms with Gasteiger partial charge in [-0.2, -0.15) is 0 Å². The molecule has 0 radical (unpaired) electrons. The van der Waals surface area contributed by atoms with Gasteiger partial charge in [0.2, 0.25) is 0 Å². The summed E-state index contributed by atoms with van der Waals surface area (Å²) < 4.78 is 0. The fourth-order valence-corrected chi connectivity index (χ4v) is 0.996. The predicted octanol–water partition coefficient (Wildman–Crippen LogP) is 3.75. The van der Waals surface area contributed by atoms with Crippen LogP contribution in [-0.4, -0.2) is 6.21 Å². The van der Waals surface area contributed by atoms with Gasteiger partial charge >= 0.3 is 0 Å². The van der Waals surface area contributed by atoms with Gasteiger partial charge in [0.05, 0.1) is 5.69 Å². The van der Waals surface area contributed by atoms with Crippen molar-refractivity contribution < 1.29 is 0 Å². The minimum Gasteiger partial charge on any atom is -0.261 e. The van der Waals surface area contributed by atoms with Crippen molar-refractivity contribution in [3.05, 3.63) is 42.5 Å². The Morgan fingerprint density at radius 3 is 2.62 bits per heavy atom. The SMILES string of the molecule is CC/C=C/CC=Nc1ccccc1. The van der Waals surface area contributed by atoms with Gasteiger partial charge in [-0.25, -0.2) is 0 Å². The first-order valence-corrected chi connectivity index (χ1v) is 4.66. The van der Waals surface area contributed by atoms with Crippen molar-refractivity contribution in [3.8, 4) is 0 Å². The predicted molar refractivity (Wildman–Crippen MR) is 58.6 cm³/mol. The molecule has 0 aliphatic rings. The average molecular weight is 173 g/mol. The van der Waals surface area contributed by atoms with Crippen LogP contribution in [-0.2, 0) is 0 Å². The molecular formula is C12H15N. The highest BCUT2D eigenvalue weighted by Crippen LogP contribution is 2.08. The topological polar surface area (TPSA) is 12.4 Å². The number of hydrogen-bond donors (Lipinski definition) is 0. The third-order valence-corrected chi connectivity index (χ3v) is 1.64. The quantitative estimate of drug-likeness (QED) is 0.485. The Morgan fingerprint density at radius 2 is 1.92 bits per heavy atom. The first-order chi connectivity index (χ1) is 6.43. The van der Waals surface area contributed by atoms with Crippen molar-refractivity contribution in [1.29, 1.82) is 0 Å². The van der Waals surface area contributed by atoms with Crippen LogP contribution in [0.1, 0.15) is 19.8 Å². The average Bonchev–Trinajstić information content (AvgIpc) is 2.19. The normalized spacial score (nSPS) is 11.5. The van der Waals surface area contributed by atoms with Crippen molar-refractivity contribution >= 4 is 11.9 Å². The summed E-state index contributed by atoms with van der Waals surface area (Å²) in [4.78, 5) is 4.30. The molecule has 13 heavy (non-hydrogen) atoms. The second kappa shape index (κ2) is 6.18. The summed E-state index contributed by atoms with van der Waals surface area (Å²) in [5, 5.41) is 0. The van der Waals surface area contributed by atoms with Crippen LogP contribution in [0.25, 0.3) is 0 Å². The van der Waals surface area contributed by atoms with E-state index >= 15 is 0 Å². The Bertz CT molecular complexity index is 272. The Balaban J connectivity index is 2.37. The summed E-state index contributed by atoms with van der Waals surface area (Å²) in [7, 11) is 0. The minimum atomic E-state index is 0.919. The zero-order chi connectivity index (χ0) is 9.36. The standard InChI is InChI=1S/C12H15N/c1-2-3-4-8-11-13-12-9-6-5-7-10-12/h3-7,9-11H,2,8H2,1H3/b4-3+,13-11?. The van der Waals surface area contributed by atoms with Gasteiger partial charge in [0.15, 0.2) is 0 Å². The van der Waals surface area contributed by atoms with Crippen molar-refractivity contribution in [2.75, 3.05) is 0 Å². The van der Waals surface area contributed by atoms with E-state index in [0.29, 0.717) is 0 Å². The third-order valence-electron chi connectivity index (χ3n) is 1.64. The Hall–Kier alpha value is -1.37. The number of benzene rings is 1. The number of hydrogen-bond acceptors (Lipinski definition) is 1. The van der Waals surface area contributed by atoms with E-state index in [1.165, 1.54) is 0 Å². The lowest BCUT2D eigenvalue weighted by molar-refractivity contribution is 1.21. The summed E-state index contributed by atoms with van der Waals surface area (Å²) >= 11 is 0. The van der Waals surface area contributed by atoms with Gasteiger partial charge in [0.1, 0.15) is 0 Å². The summed E-state index contributed by atoms with van der Waals surface area (Å²) in [5.41, 5.74) is 1.02. The smallest absolute Gasteiger partial charge is 0.0625 e. The fraction of sp³-hybridized carbons (Fsp3) is 0.250. The molecule has 0 aromatic heterocycles. The van der Waals surface area contributed by atoms with E-state index in [2.05, 4.69) is 24.1 Å². The van der Waals surface area contributed by atoms with Gasteiger partial charge in [-0.3, -0.25) is 4.99 Å². The summed E-state index contributed by atoms with van der Waals surface area (Å²) in [6.45, 7) is 2.13. The van der Waals surface area contributed by atoms with E-state index in [9.17, 15) is 0 Å². The molecule has 0 saturated heterocycles. The van der Waals surface area contributed by atoms with Gasteiger partial charge < -0.3 is 0 Å². The van der Waals surface area contributed by atoms with Crippen LogP contribution in [0.2, 0.25) is 0 Å². The third kappa shape index (κ3) is 4.26. The van der Waals surface area contributed by atoms with Gasteiger partial charge in [-0.15, -0.1) is 0 Å². The van der Waals surface area contributed by atoms with E-state index in [0.717, 1.165) is 18.5 Å². The van der Waals surface area contributed by atoms with Crippen LogP contribution < -0.4 is 0 Å². The number of rotatable bonds is 4. The number of para-hydroxylation sites is 1. The number of aliphatic imine (C=N–C) groups is 1. The van der Waals surface area contributed by atoms with E-state index < -0.39 is 0 Å². The van der Waals surface area contributed by atoms with Crippen LogP contribution in [0, 0.1) is 0 Å². The lowest BCUT2D eigenvalue weighted by atomic mass is 10.3. The van der Waals surface area contributed by atoms with Crippen molar-refractivity contribution in [2.45, 2.75) is 19.8 Å². The molecule has 0 amide bonds. The Kier molecular flexibility index (Phi) is 4.62. The maximum atomic E-state index is 4.30. The van der Waals surface area contributed by atoms with Crippen molar-refractivity contribution in [2.24, 2.45) is 4.99 Å². The van der Waals surface area contributed by atoms with Crippen molar-refractivity contribution in [3.63, 3.8) is 0 Å². The molecule has 0 spiro atoms. The minimum absolute atomic E-state index is 0.919. The first-order valence-electron chi connectivity index (χ1n) is 4.66. The second-order valence-corrected chi connectivity index (χ2v) is 2.76. The van der Waals surface area contributed by atoms with E-state index in [-0.39, 0.29) is 0 Å². The fourth-order valence-electron chi connectivity index (χ4n) is 0.996. The number of allylic oxidation sites excluding steroid dienone is 2. The molecule has 1 nitrogen and oxygen atoms in total. The van der Waals surface area contributed by atoms with Crippen LogP contribution in [0.4, 0.5) is 5.69 Å². The zero-order valence-corrected chi connectivity index (χ0v) is 7.98. The molecule has 1 heteroatoms. The zero-order valence-electron chi connectivity index (χ0n) is 7.98.